The number of ether oxygens (including phenoxy) is 1. The lowest BCUT2D eigenvalue weighted by Crippen LogP contribution is -2.66. The topological polar surface area (TPSA) is 105 Å². The number of carbonyl (C=O) groups excluding carboxylic acids is 2. The van der Waals surface area contributed by atoms with Gasteiger partial charge in [-0.1, -0.05) is 64.4 Å². The van der Waals surface area contributed by atoms with Crippen molar-refractivity contribution < 1.29 is 24.2 Å². The fourth-order valence-corrected chi connectivity index (χ4v) is 12.7. The molecular weight excluding hydrogens is 600 g/mol. The number of hydrogen-bond donors (Lipinski definition) is 3. The number of carboxylic acids is 1. The molecule has 9 atom stereocenters. The summed E-state index contributed by atoms with van der Waals surface area (Å²) in [5, 5.41) is 16.5. The smallest absolute Gasteiger partial charge is 0.315 e. The zero-order valence-corrected chi connectivity index (χ0v) is 30.9. The van der Waals surface area contributed by atoms with Crippen molar-refractivity contribution in [2.75, 3.05) is 0 Å². The van der Waals surface area contributed by atoms with Crippen LogP contribution in [0.5, 0.6) is 0 Å². The Kier molecular flexibility index (Phi) is 8.84. The summed E-state index contributed by atoms with van der Waals surface area (Å²) in [5.74, 6) is 1.57. The van der Waals surface area contributed by atoms with E-state index in [1.165, 1.54) is 38.5 Å². The van der Waals surface area contributed by atoms with Crippen LogP contribution in [0.3, 0.4) is 0 Å². The highest BCUT2D eigenvalue weighted by molar-refractivity contribution is 5.81. The number of benzene rings is 1. The minimum absolute atomic E-state index is 0.0339. The molecule has 1 aromatic rings. The number of rotatable bonds is 7. The Hall–Kier alpha value is -2.57. The molecule has 0 saturated heterocycles. The summed E-state index contributed by atoms with van der Waals surface area (Å²) in [5.41, 5.74) is -0.315. The van der Waals surface area contributed by atoms with E-state index in [4.69, 9.17) is 4.74 Å². The molecule has 5 aliphatic carbocycles. The van der Waals surface area contributed by atoms with Crippen LogP contribution in [-0.2, 0) is 19.9 Å². The fourth-order valence-electron chi connectivity index (χ4n) is 12.7. The number of urea groups is 1. The zero-order valence-electron chi connectivity index (χ0n) is 30.9. The van der Waals surface area contributed by atoms with Crippen molar-refractivity contribution in [1.29, 1.82) is 0 Å². The van der Waals surface area contributed by atoms with Crippen molar-refractivity contribution in [3.63, 3.8) is 0 Å². The molecule has 5 fully saturated rings. The van der Waals surface area contributed by atoms with Gasteiger partial charge in [0, 0.05) is 11.0 Å². The van der Waals surface area contributed by atoms with Crippen LogP contribution in [0.1, 0.15) is 138 Å². The van der Waals surface area contributed by atoms with Crippen molar-refractivity contribution in [3.8, 4) is 0 Å². The van der Waals surface area contributed by atoms with Gasteiger partial charge in [-0.15, -0.1) is 0 Å². The molecule has 0 spiro atoms. The number of hydrogen-bond acceptors (Lipinski definition) is 4. The second kappa shape index (κ2) is 12.0. The molecule has 0 aliphatic heterocycles. The van der Waals surface area contributed by atoms with Crippen LogP contribution in [0.25, 0.3) is 0 Å². The number of esters is 1. The minimum Gasteiger partial charge on any atom is -0.481 e. The fraction of sp³-hybridized carbons (Fsp3) is 0.780. The molecule has 2 amide bonds. The lowest BCUT2D eigenvalue weighted by Gasteiger charge is -2.69. The van der Waals surface area contributed by atoms with E-state index in [0.29, 0.717) is 29.6 Å². The first kappa shape index (κ1) is 35.3. The van der Waals surface area contributed by atoms with Crippen molar-refractivity contribution in [2.45, 2.75) is 150 Å². The number of fused-ring (bicyclic) bond motifs is 7. The molecule has 1 aromatic carbocycles. The summed E-state index contributed by atoms with van der Waals surface area (Å²) < 4.78 is 6.14. The summed E-state index contributed by atoms with van der Waals surface area (Å²) in [6.45, 7) is 17.1. The molecule has 266 valence electrons. The van der Waals surface area contributed by atoms with Gasteiger partial charge in [-0.3, -0.25) is 9.59 Å². The predicted molar refractivity (Wildman–Crippen MR) is 188 cm³/mol. The van der Waals surface area contributed by atoms with Gasteiger partial charge in [0.15, 0.2) is 0 Å². The standard InChI is InChI=1S/C41H62N2O5/c1-36(2,34(45)46)25-33(44)48-32-20-23-40(8)30(37(32,3)4)19-22-39(7)28-18-24-41(21-12-15-29(41)27(28)16-17-31(39)40)43-35(47)42-38(5,6)26-13-10-9-11-14-26/h9-11,13-14,27-32H,12,15-25H2,1-8H3,(H,45,46)(H2,42,43,47). The number of amides is 2. The average Bonchev–Trinajstić information content (AvgIpc) is 3.42. The Morgan fingerprint density at radius 3 is 2.19 bits per heavy atom. The van der Waals surface area contributed by atoms with Crippen molar-refractivity contribution in [1.82, 2.24) is 10.6 Å². The Balaban J connectivity index is 1.16. The molecule has 0 bridgehead atoms. The monoisotopic (exact) mass is 662 g/mol. The molecule has 3 N–H and O–H groups in total. The number of nitrogens with one attached hydrogen (secondary N) is 2. The van der Waals surface area contributed by atoms with E-state index in [1.807, 2.05) is 18.2 Å². The van der Waals surface area contributed by atoms with Crippen LogP contribution in [0.15, 0.2) is 30.3 Å². The van der Waals surface area contributed by atoms with Gasteiger partial charge in [0.1, 0.15) is 6.10 Å². The molecule has 5 aliphatic rings. The number of aliphatic carboxylic acids is 1. The summed E-state index contributed by atoms with van der Waals surface area (Å²) in [6, 6.07) is 10.2. The van der Waals surface area contributed by atoms with Crippen molar-refractivity contribution >= 4 is 18.0 Å². The molecule has 5 saturated carbocycles. The van der Waals surface area contributed by atoms with Crippen molar-refractivity contribution in [3.05, 3.63) is 35.9 Å². The first-order valence-corrected chi connectivity index (χ1v) is 18.9. The van der Waals surface area contributed by atoms with Crippen LogP contribution in [0.4, 0.5) is 4.79 Å². The van der Waals surface area contributed by atoms with E-state index in [1.54, 1.807) is 13.8 Å². The van der Waals surface area contributed by atoms with Crippen LogP contribution in [-0.4, -0.2) is 34.7 Å². The normalized spacial score (nSPS) is 38.8. The molecule has 9 unspecified atom stereocenters. The number of carbonyl (C=O) groups is 3. The van der Waals surface area contributed by atoms with Crippen LogP contribution >= 0.6 is 0 Å². The van der Waals surface area contributed by atoms with Crippen LogP contribution in [0.2, 0.25) is 0 Å². The maximum absolute atomic E-state index is 13.7. The molecule has 0 heterocycles. The number of carboxylic acid groups (broad SMARTS) is 1. The Morgan fingerprint density at radius 2 is 1.50 bits per heavy atom. The maximum atomic E-state index is 13.7. The molecule has 7 nitrogen and oxygen atoms in total. The molecular formula is C41H62N2O5. The first-order valence-electron chi connectivity index (χ1n) is 18.9. The third kappa shape index (κ3) is 5.77. The predicted octanol–water partition coefficient (Wildman–Crippen LogP) is 8.85. The van der Waals surface area contributed by atoms with Crippen LogP contribution in [0, 0.1) is 51.2 Å². The summed E-state index contributed by atoms with van der Waals surface area (Å²) in [4.78, 5) is 38.3. The van der Waals surface area contributed by atoms with E-state index in [0.717, 1.165) is 37.7 Å². The average molecular weight is 663 g/mol. The lowest BCUT2D eigenvalue weighted by molar-refractivity contribution is -0.220. The quantitative estimate of drug-likeness (QED) is 0.253. The molecule has 6 rings (SSSR count). The molecule has 0 radical (unpaired) electrons. The molecule has 7 heteroatoms. The Bertz CT molecular complexity index is 1400. The molecule has 0 aromatic heterocycles. The minimum atomic E-state index is -1.13. The third-order valence-corrected chi connectivity index (χ3v) is 15.2. The van der Waals surface area contributed by atoms with Gasteiger partial charge in [-0.2, -0.15) is 0 Å². The molecule has 48 heavy (non-hydrogen) atoms. The Labute approximate surface area is 289 Å². The van der Waals surface area contributed by atoms with Gasteiger partial charge in [-0.25, -0.2) is 4.79 Å². The van der Waals surface area contributed by atoms with E-state index in [9.17, 15) is 19.5 Å². The highest BCUT2D eigenvalue weighted by Gasteiger charge is 2.66. The lowest BCUT2D eigenvalue weighted by atomic mass is 9.36. The second-order valence-electron chi connectivity index (χ2n) is 19.0. The van der Waals surface area contributed by atoms with Crippen molar-refractivity contribution in [2.24, 2.45) is 51.2 Å². The largest absolute Gasteiger partial charge is 0.481 e. The third-order valence-electron chi connectivity index (χ3n) is 15.2. The summed E-state index contributed by atoms with van der Waals surface area (Å²) in [7, 11) is 0. The van der Waals surface area contributed by atoms with Gasteiger partial charge in [0.25, 0.3) is 0 Å². The van der Waals surface area contributed by atoms with Gasteiger partial charge in [0.2, 0.25) is 0 Å². The van der Waals surface area contributed by atoms with Crippen LogP contribution < -0.4 is 10.6 Å². The SMILES string of the molecule is CC(C)(CC(=O)OC1CCC2(C)C(CCC3(C)C4CCC5(NC(=O)NC(C)(C)c6ccccc6)CCCC5C4CCC32)C1(C)C)C(=O)O. The van der Waals surface area contributed by atoms with E-state index in [-0.39, 0.29) is 40.3 Å². The van der Waals surface area contributed by atoms with Gasteiger partial charge < -0.3 is 20.5 Å². The highest BCUT2D eigenvalue weighted by atomic mass is 16.5. The zero-order chi connectivity index (χ0) is 34.9. The first-order chi connectivity index (χ1) is 22.4. The van der Waals surface area contributed by atoms with E-state index >= 15 is 0 Å². The summed E-state index contributed by atoms with van der Waals surface area (Å²) in [6.07, 6.45) is 12.1. The highest BCUT2D eigenvalue weighted by Crippen LogP contribution is 2.72. The Morgan fingerprint density at radius 1 is 0.812 bits per heavy atom. The van der Waals surface area contributed by atoms with Gasteiger partial charge in [-0.05, 0) is 138 Å². The summed E-state index contributed by atoms with van der Waals surface area (Å²) >= 11 is 0. The maximum Gasteiger partial charge on any atom is 0.315 e. The van der Waals surface area contributed by atoms with E-state index < -0.39 is 22.9 Å². The van der Waals surface area contributed by atoms with Gasteiger partial charge >= 0.3 is 18.0 Å². The van der Waals surface area contributed by atoms with Gasteiger partial charge in [0.05, 0.1) is 17.4 Å². The second-order valence-corrected chi connectivity index (χ2v) is 19.0. The van der Waals surface area contributed by atoms with E-state index in [2.05, 4.69) is 64.3 Å².